The van der Waals surface area contributed by atoms with Gasteiger partial charge in [0.25, 0.3) is 0 Å². The van der Waals surface area contributed by atoms with Crippen molar-refractivity contribution in [3.63, 3.8) is 0 Å². The minimum absolute atomic E-state index is 0.188. The van der Waals surface area contributed by atoms with Crippen LogP contribution < -0.4 is 0 Å². The molecule has 1 aliphatic heterocycles. The minimum atomic E-state index is 0.188. The number of carbonyl (C=O) groups is 1. The molecule has 0 spiro atoms. The van der Waals surface area contributed by atoms with Gasteiger partial charge in [0, 0.05) is 37.3 Å². The zero-order valence-electron chi connectivity index (χ0n) is 13.1. The molecule has 1 saturated heterocycles. The molecular weight excluding hydrogens is 290 g/mol. The maximum absolute atomic E-state index is 12.4. The number of piperidine rings is 1. The molecule has 1 amide bonds. The molecule has 23 heavy (non-hydrogen) atoms. The number of carbonyl (C=O) groups excluding carboxylic acids is 1. The highest BCUT2D eigenvalue weighted by atomic mass is 16.2. The highest BCUT2D eigenvalue weighted by Crippen LogP contribution is 2.38. The third-order valence-electron chi connectivity index (χ3n) is 4.78. The molecule has 0 bridgehead atoms. The van der Waals surface area contributed by atoms with Crippen LogP contribution in [0, 0.1) is 0 Å². The van der Waals surface area contributed by atoms with E-state index >= 15 is 0 Å². The van der Waals surface area contributed by atoms with Gasteiger partial charge in [-0.2, -0.15) is 5.10 Å². The number of nitrogens with one attached hydrogen (secondary N) is 1. The average molecular weight is 311 g/mol. The van der Waals surface area contributed by atoms with Crippen LogP contribution in [0.25, 0.3) is 0 Å². The van der Waals surface area contributed by atoms with Crippen molar-refractivity contribution in [2.45, 2.75) is 43.9 Å². The van der Waals surface area contributed by atoms with E-state index in [1.807, 2.05) is 17.0 Å². The van der Waals surface area contributed by atoms with E-state index in [1.54, 1.807) is 12.4 Å². The molecule has 0 atom stereocenters. The van der Waals surface area contributed by atoms with Crippen LogP contribution in [0.15, 0.2) is 24.5 Å². The van der Waals surface area contributed by atoms with Gasteiger partial charge in [-0.3, -0.25) is 14.9 Å². The SMILES string of the molecule is O=C(Cc1cccnc1)N1CCC(c2nc(C3CC3)n[nH]2)CC1. The summed E-state index contributed by atoms with van der Waals surface area (Å²) in [6.07, 6.45) is 8.28. The highest BCUT2D eigenvalue weighted by molar-refractivity contribution is 5.78. The molecule has 1 N–H and O–H groups in total. The van der Waals surface area contributed by atoms with E-state index in [9.17, 15) is 4.79 Å². The van der Waals surface area contributed by atoms with Crippen LogP contribution in [0.1, 0.15) is 54.7 Å². The van der Waals surface area contributed by atoms with Crippen LogP contribution in [-0.4, -0.2) is 44.1 Å². The number of hydrogen-bond donors (Lipinski definition) is 1. The molecule has 4 rings (SSSR count). The molecular formula is C17H21N5O. The van der Waals surface area contributed by atoms with Crippen LogP contribution in [0.4, 0.5) is 0 Å². The Kier molecular flexibility index (Phi) is 3.81. The number of H-pyrrole nitrogens is 1. The first kappa shape index (κ1) is 14.4. The van der Waals surface area contributed by atoms with Crippen molar-refractivity contribution >= 4 is 5.91 Å². The first-order valence-electron chi connectivity index (χ1n) is 8.38. The fourth-order valence-corrected chi connectivity index (χ4v) is 3.19. The summed E-state index contributed by atoms with van der Waals surface area (Å²) in [6, 6.07) is 3.82. The molecule has 0 unspecified atom stereocenters. The van der Waals surface area contributed by atoms with Crippen LogP contribution in [-0.2, 0) is 11.2 Å². The van der Waals surface area contributed by atoms with E-state index in [0.717, 1.165) is 43.1 Å². The number of aromatic nitrogens is 4. The molecule has 2 aliphatic rings. The van der Waals surface area contributed by atoms with Gasteiger partial charge in [-0.1, -0.05) is 6.07 Å². The Morgan fingerprint density at radius 3 is 2.74 bits per heavy atom. The summed E-state index contributed by atoms with van der Waals surface area (Å²) in [7, 11) is 0. The summed E-state index contributed by atoms with van der Waals surface area (Å²) in [6.45, 7) is 1.59. The Morgan fingerprint density at radius 2 is 2.04 bits per heavy atom. The highest BCUT2D eigenvalue weighted by Gasteiger charge is 2.30. The van der Waals surface area contributed by atoms with Crippen molar-refractivity contribution in [3.05, 3.63) is 41.7 Å². The maximum Gasteiger partial charge on any atom is 0.227 e. The van der Waals surface area contributed by atoms with Gasteiger partial charge < -0.3 is 4.90 Å². The molecule has 1 saturated carbocycles. The fraction of sp³-hybridized carbons (Fsp3) is 0.529. The van der Waals surface area contributed by atoms with Crippen LogP contribution >= 0.6 is 0 Å². The van der Waals surface area contributed by atoms with Gasteiger partial charge in [-0.25, -0.2) is 4.98 Å². The standard InChI is InChI=1S/C17H21N5O/c23-15(10-12-2-1-7-18-11-12)22-8-5-14(6-9-22)17-19-16(20-21-17)13-3-4-13/h1-2,7,11,13-14H,3-6,8-10H2,(H,19,20,21). The topological polar surface area (TPSA) is 74.8 Å². The summed E-state index contributed by atoms with van der Waals surface area (Å²) < 4.78 is 0. The molecule has 2 aromatic heterocycles. The molecule has 0 aromatic carbocycles. The summed E-state index contributed by atoms with van der Waals surface area (Å²) in [5.41, 5.74) is 0.976. The zero-order valence-corrected chi connectivity index (χ0v) is 13.1. The smallest absolute Gasteiger partial charge is 0.227 e. The summed E-state index contributed by atoms with van der Waals surface area (Å²) in [4.78, 5) is 23.1. The van der Waals surface area contributed by atoms with Crippen molar-refractivity contribution < 1.29 is 4.79 Å². The number of amides is 1. The average Bonchev–Trinajstić information content (AvgIpc) is 3.33. The number of rotatable bonds is 4. The van der Waals surface area contributed by atoms with Crippen molar-refractivity contribution in [1.29, 1.82) is 0 Å². The number of pyridine rings is 1. The Labute approximate surface area is 135 Å². The summed E-state index contributed by atoms with van der Waals surface area (Å²) in [5.74, 6) is 3.16. The Balaban J connectivity index is 1.32. The predicted molar refractivity (Wildman–Crippen MR) is 84.9 cm³/mol. The first-order chi connectivity index (χ1) is 11.3. The number of likely N-dealkylation sites (tertiary alicyclic amines) is 1. The molecule has 6 heteroatoms. The van der Waals surface area contributed by atoms with Gasteiger partial charge in [0.2, 0.25) is 5.91 Å². The lowest BCUT2D eigenvalue weighted by Gasteiger charge is -2.31. The molecule has 0 radical (unpaired) electrons. The van der Waals surface area contributed by atoms with Gasteiger partial charge in [-0.15, -0.1) is 0 Å². The third kappa shape index (κ3) is 3.25. The van der Waals surface area contributed by atoms with Crippen molar-refractivity contribution in [2.75, 3.05) is 13.1 Å². The second-order valence-electron chi connectivity index (χ2n) is 6.55. The van der Waals surface area contributed by atoms with Gasteiger partial charge in [-0.05, 0) is 37.3 Å². The van der Waals surface area contributed by atoms with Crippen molar-refractivity contribution in [3.8, 4) is 0 Å². The van der Waals surface area contributed by atoms with Gasteiger partial charge in [0.1, 0.15) is 5.82 Å². The number of nitrogens with zero attached hydrogens (tertiary/aromatic N) is 4. The van der Waals surface area contributed by atoms with Crippen molar-refractivity contribution in [1.82, 2.24) is 25.1 Å². The molecule has 2 aromatic rings. The lowest BCUT2D eigenvalue weighted by atomic mass is 9.96. The molecule has 3 heterocycles. The second-order valence-corrected chi connectivity index (χ2v) is 6.55. The number of aromatic amines is 1. The van der Waals surface area contributed by atoms with Crippen molar-refractivity contribution in [2.24, 2.45) is 0 Å². The minimum Gasteiger partial charge on any atom is -0.342 e. The second kappa shape index (κ2) is 6.10. The molecule has 6 nitrogen and oxygen atoms in total. The maximum atomic E-state index is 12.4. The Bertz CT molecular complexity index is 671. The molecule has 2 fully saturated rings. The lowest BCUT2D eigenvalue weighted by molar-refractivity contribution is -0.131. The van der Waals surface area contributed by atoms with Crippen LogP contribution in [0.2, 0.25) is 0 Å². The quantitative estimate of drug-likeness (QED) is 0.937. The third-order valence-corrected chi connectivity index (χ3v) is 4.78. The van der Waals surface area contributed by atoms with Gasteiger partial charge >= 0.3 is 0 Å². The predicted octanol–water partition coefficient (Wildman–Crippen LogP) is 2.03. The largest absolute Gasteiger partial charge is 0.342 e. The summed E-state index contributed by atoms with van der Waals surface area (Å²) in [5, 5.41) is 7.45. The van der Waals surface area contributed by atoms with Gasteiger partial charge in [0.05, 0.1) is 6.42 Å². The molecule has 1 aliphatic carbocycles. The van der Waals surface area contributed by atoms with Crippen LogP contribution in [0.3, 0.4) is 0 Å². The van der Waals surface area contributed by atoms with E-state index in [2.05, 4.69) is 20.2 Å². The first-order valence-corrected chi connectivity index (χ1v) is 8.38. The Morgan fingerprint density at radius 1 is 1.22 bits per heavy atom. The zero-order chi connectivity index (χ0) is 15.6. The fourth-order valence-electron chi connectivity index (χ4n) is 3.19. The lowest BCUT2D eigenvalue weighted by Crippen LogP contribution is -2.39. The molecule has 120 valence electrons. The van der Waals surface area contributed by atoms with E-state index in [0.29, 0.717) is 18.3 Å². The number of hydrogen-bond acceptors (Lipinski definition) is 4. The van der Waals surface area contributed by atoms with E-state index in [1.165, 1.54) is 12.8 Å². The normalized spacial score (nSPS) is 19.0. The monoisotopic (exact) mass is 311 g/mol. The summed E-state index contributed by atoms with van der Waals surface area (Å²) >= 11 is 0. The van der Waals surface area contributed by atoms with Crippen LogP contribution in [0.5, 0.6) is 0 Å². The van der Waals surface area contributed by atoms with E-state index in [-0.39, 0.29) is 5.91 Å². The Hall–Kier alpha value is -2.24. The van der Waals surface area contributed by atoms with Gasteiger partial charge in [0.15, 0.2) is 5.82 Å². The van der Waals surface area contributed by atoms with E-state index < -0.39 is 0 Å². The van der Waals surface area contributed by atoms with E-state index in [4.69, 9.17) is 0 Å².